The second-order valence-corrected chi connectivity index (χ2v) is 7.26. The first kappa shape index (κ1) is 19.2. The number of urea groups is 1. The van der Waals surface area contributed by atoms with Crippen LogP contribution in [0.3, 0.4) is 0 Å². The summed E-state index contributed by atoms with van der Waals surface area (Å²) in [5, 5.41) is 5.56. The lowest BCUT2D eigenvalue weighted by molar-refractivity contribution is -0.135. The van der Waals surface area contributed by atoms with Crippen LogP contribution >= 0.6 is 0 Å². The average Bonchev–Trinajstić information content (AvgIpc) is 2.88. The van der Waals surface area contributed by atoms with Gasteiger partial charge in [0.25, 0.3) is 5.91 Å². The van der Waals surface area contributed by atoms with Crippen molar-refractivity contribution in [1.82, 2.24) is 10.2 Å². The highest BCUT2D eigenvalue weighted by molar-refractivity contribution is 6.10. The largest absolute Gasteiger partial charge is 0.494 e. The van der Waals surface area contributed by atoms with Crippen LogP contribution in [0.2, 0.25) is 0 Å². The molecular weight excluding hydrogens is 346 g/mol. The number of nitrogens with one attached hydrogen (secondary N) is 2. The van der Waals surface area contributed by atoms with Crippen molar-refractivity contribution in [3.63, 3.8) is 0 Å². The molecule has 0 aromatic heterocycles. The van der Waals surface area contributed by atoms with Crippen LogP contribution in [0.15, 0.2) is 24.3 Å². The van der Waals surface area contributed by atoms with Crippen LogP contribution in [0.1, 0.15) is 46.0 Å². The van der Waals surface area contributed by atoms with Crippen LogP contribution in [0.25, 0.3) is 0 Å². The average molecular weight is 373 g/mol. The second kappa shape index (κ2) is 7.98. The van der Waals surface area contributed by atoms with Crippen molar-refractivity contribution in [2.24, 2.45) is 5.92 Å². The van der Waals surface area contributed by atoms with Crippen molar-refractivity contribution < 1.29 is 19.1 Å². The lowest BCUT2D eigenvalue weighted by Crippen LogP contribution is -2.49. The number of hydrogen-bond donors (Lipinski definition) is 2. The number of benzene rings is 1. The minimum absolute atomic E-state index is 0.274. The number of ether oxygens (including phenoxy) is 1. The third-order valence-corrected chi connectivity index (χ3v) is 5.53. The minimum atomic E-state index is -0.817. The molecule has 7 heteroatoms. The van der Waals surface area contributed by atoms with Gasteiger partial charge in [-0.25, -0.2) is 4.79 Å². The molecule has 0 bridgehead atoms. The SMILES string of the molecule is CCOc1ccc(NC(=O)CN2C(=O)NC3(CCC(CC)CC3)C2=O)cc1. The molecule has 4 amide bonds. The van der Waals surface area contributed by atoms with Gasteiger partial charge in [-0.15, -0.1) is 0 Å². The van der Waals surface area contributed by atoms with Gasteiger partial charge < -0.3 is 15.4 Å². The van der Waals surface area contributed by atoms with Gasteiger partial charge in [-0.2, -0.15) is 0 Å². The Hall–Kier alpha value is -2.57. The summed E-state index contributed by atoms with van der Waals surface area (Å²) in [7, 11) is 0. The van der Waals surface area contributed by atoms with E-state index in [-0.39, 0.29) is 12.5 Å². The van der Waals surface area contributed by atoms with E-state index in [4.69, 9.17) is 4.74 Å². The maximum Gasteiger partial charge on any atom is 0.325 e. The highest BCUT2D eigenvalue weighted by Gasteiger charge is 2.52. The number of nitrogens with zero attached hydrogens (tertiary/aromatic N) is 1. The summed E-state index contributed by atoms with van der Waals surface area (Å²) in [6.45, 7) is 4.33. The first-order valence-electron chi connectivity index (χ1n) is 9.64. The molecule has 1 aliphatic heterocycles. The molecule has 1 saturated carbocycles. The van der Waals surface area contributed by atoms with Crippen LogP contribution in [-0.4, -0.2) is 41.4 Å². The molecule has 2 aliphatic rings. The van der Waals surface area contributed by atoms with Crippen molar-refractivity contribution in [2.75, 3.05) is 18.5 Å². The lowest BCUT2D eigenvalue weighted by Gasteiger charge is -2.34. The molecule has 0 unspecified atom stereocenters. The third kappa shape index (κ3) is 4.07. The molecule has 0 radical (unpaired) electrons. The Kier molecular flexibility index (Phi) is 5.68. The van der Waals surface area contributed by atoms with E-state index >= 15 is 0 Å². The fourth-order valence-electron chi connectivity index (χ4n) is 3.88. The van der Waals surface area contributed by atoms with Gasteiger partial charge in [-0.3, -0.25) is 14.5 Å². The van der Waals surface area contributed by atoms with E-state index in [1.54, 1.807) is 24.3 Å². The van der Waals surface area contributed by atoms with Gasteiger partial charge in [0.1, 0.15) is 17.8 Å². The van der Waals surface area contributed by atoms with Gasteiger partial charge in [0.05, 0.1) is 6.61 Å². The first-order chi connectivity index (χ1) is 13.0. The van der Waals surface area contributed by atoms with Crippen molar-refractivity contribution >= 4 is 23.5 Å². The zero-order valence-electron chi connectivity index (χ0n) is 15.9. The predicted molar refractivity (Wildman–Crippen MR) is 101 cm³/mol. The third-order valence-electron chi connectivity index (χ3n) is 5.53. The molecule has 7 nitrogen and oxygen atoms in total. The Bertz CT molecular complexity index is 708. The van der Waals surface area contributed by atoms with Gasteiger partial charge in [0, 0.05) is 5.69 Å². The maximum atomic E-state index is 12.8. The number of carbonyl (C=O) groups is 3. The lowest BCUT2D eigenvalue weighted by atomic mass is 9.75. The topological polar surface area (TPSA) is 87.7 Å². The van der Waals surface area contributed by atoms with Crippen LogP contribution in [0.5, 0.6) is 5.75 Å². The normalized spacial score (nSPS) is 24.8. The molecule has 27 heavy (non-hydrogen) atoms. The zero-order valence-corrected chi connectivity index (χ0v) is 15.9. The Balaban J connectivity index is 1.59. The van der Waals surface area contributed by atoms with E-state index in [1.165, 1.54) is 0 Å². The van der Waals surface area contributed by atoms with Gasteiger partial charge in [0.2, 0.25) is 5.91 Å². The molecule has 146 valence electrons. The van der Waals surface area contributed by atoms with Crippen molar-refractivity contribution in [3.8, 4) is 5.75 Å². The highest BCUT2D eigenvalue weighted by atomic mass is 16.5. The summed E-state index contributed by atoms with van der Waals surface area (Å²) in [5.41, 5.74) is -0.226. The summed E-state index contributed by atoms with van der Waals surface area (Å²) < 4.78 is 5.36. The number of anilines is 1. The van der Waals surface area contributed by atoms with Gasteiger partial charge in [-0.05, 0) is 62.8 Å². The molecular formula is C20H27N3O4. The standard InChI is InChI=1S/C20H27N3O4/c1-3-14-9-11-20(12-10-14)18(25)23(19(26)22-20)13-17(24)21-15-5-7-16(8-6-15)27-4-2/h5-8,14H,3-4,9-13H2,1-2H3,(H,21,24)(H,22,26). The van der Waals surface area contributed by atoms with E-state index in [0.29, 0.717) is 36.8 Å². The summed E-state index contributed by atoms with van der Waals surface area (Å²) in [6, 6.07) is 6.49. The number of imide groups is 1. The zero-order chi connectivity index (χ0) is 19.4. The number of hydrogen-bond acceptors (Lipinski definition) is 4. The predicted octanol–water partition coefficient (Wildman–Crippen LogP) is 2.91. The van der Waals surface area contributed by atoms with E-state index in [2.05, 4.69) is 17.6 Å². The van der Waals surface area contributed by atoms with Crippen molar-refractivity contribution in [2.45, 2.75) is 51.5 Å². The number of carbonyl (C=O) groups excluding carboxylic acids is 3. The molecule has 1 heterocycles. The molecule has 0 atom stereocenters. The van der Waals surface area contributed by atoms with Gasteiger partial charge >= 0.3 is 6.03 Å². The summed E-state index contributed by atoms with van der Waals surface area (Å²) in [4.78, 5) is 38.5. The fourth-order valence-corrected chi connectivity index (χ4v) is 3.88. The van der Waals surface area contributed by atoms with Crippen molar-refractivity contribution in [1.29, 1.82) is 0 Å². The molecule has 1 aromatic rings. The summed E-state index contributed by atoms with van der Waals surface area (Å²) in [6.07, 6.45) is 4.23. The maximum absolute atomic E-state index is 12.8. The molecule has 1 spiro atoms. The van der Waals surface area contributed by atoms with Gasteiger partial charge in [0.15, 0.2) is 0 Å². The summed E-state index contributed by atoms with van der Waals surface area (Å²) >= 11 is 0. The fraction of sp³-hybridized carbons (Fsp3) is 0.550. The second-order valence-electron chi connectivity index (χ2n) is 7.26. The molecule has 1 aromatic carbocycles. The molecule has 3 rings (SSSR count). The van der Waals surface area contributed by atoms with Crippen LogP contribution in [0.4, 0.5) is 10.5 Å². The Labute approximate surface area is 159 Å². The highest BCUT2D eigenvalue weighted by Crippen LogP contribution is 2.37. The molecule has 2 N–H and O–H groups in total. The smallest absolute Gasteiger partial charge is 0.325 e. The summed E-state index contributed by atoms with van der Waals surface area (Å²) in [5.74, 6) is 0.650. The first-order valence-corrected chi connectivity index (χ1v) is 9.64. The minimum Gasteiger partial charge on any atom is -0.494 e. The quantitative estimate of drug-likeness (QED) is 0.751. The number of amides is 4. The number of rotatable bonds is 6. The van der Waals surface area contributed by atoms with Crippen LogP contribution in [0, 0.1) is 5.92 Å². The molecule has 1 aliphatic carbocycles. The van der Waals surface area contributed by atoms with Crippen LogP contribution in [-0.2, 0) is 9.59 Å². The van der Waals surface area contributed by atoms with E-state index in [0.717, 1.165) is 24.2 Å². The van der Waals surface area contributed by atoms with Crippen molar-refractivity contribution in [3.05, 3.63) is 24.3 Å². The Morgan fingerprint density at radius 2 is 1.89 bits per heavy atom. The van der Waals surface area contributed by atoms with Crippen LogP contribution < -0.4 is 15.4 Å². The van der Waals surface area contributed by atoms with E-state index in [9.17, 15) is 14.4 Å². The Morgan fingerprint density at radius 3 is 2.48 bits per heavy atom. The molecule has 2 fully saturated rings. The Morgan fingerprint density at radius 1 is 1.22 bits per heavy atom. The van der Waals surface area contributed by atoms with Gasteiger partial charge in [-0.1, -0.05) is 13.3 Å². The van der Waals surface area contributed by atoms with E-state index in [1.807, 2.05) is 6.92 Å². The van der Waals surface area contributed by atoms with E-state index < -0.39 is 17.5 Å². The molecule has 1 saturated heterocycles. The monoisotopic (exact) mass is 373 g/mol.